The van der Waals surface area contributed by atoms with E-state index in [-0.39, 0.29) is 12.2 Å². The predicted octanol–water partition coefficient (Wildman–Crippen LogP) is 3.42. The van der Waals surface area contributed by atoms with Gasteiger partial charge >= 0.3 is 24.3 Å². The standard InChI is InChI=1S/C16H24N2O2.2C2HF3O2/c1-3-19-16-14-7-8-15(16)20-10-9-18(14)11-13-6-4-5-12(2)17-13;2*3-2(4,5)1(6)7/h4-6,14-16H,3,7-11H2,1-2H3;2*(H,6,7). The maximum Gasteiger partial charge on any atom is 0.490 e. The first-order valence-electron chi connectivity index (χ1n) is 10.2. The number of carbonyl (C=O) groups is 2. The molecular weight excluding hydrogens is 478 g/mol. The fraction of sp³-hybridized carbons (Fsp3) is 0.650. The molecule has 1 aromatic heterocycles. The van der Waals surface area contributed by atoms with Crippen LogP contribution < -0.4 is 0 Å². The lowest BCUT2D eigenvalue weighted by Crippen LogP contribution is -2.43. The monoisotopic (exact) mass is 504 g/mol. The van der Waals surface area contributed by atoms with Gasteiger partial charge in [0.2, 0.25) is 0 Å². The summed E-state index contributed by atoms with van der Waals surface area (Å²) in [5.41, 5.74) is 2.23. The van der Waals surface area contributed by atoms with E-state index in [9.17, 15) is 26.3 Å². The molecule has 2 fully saturated rings. The highest BCUT2D eigenvalue weighted by Crippen LogP contribution is 2.32. The van der Waals surface area contributed by atoms with Gasteiger partial charge in [0, 0.05) is 31.4 Å². The zero-order valence-corrected chi connectivity index (χ0v) is 18.4. The normalized spacial score (nSPS) is 22.5. The van der Waals surface area contributed by atoms with Crippen molar-refractivity contribution in [1.29, 1.82) is 0 Å². The van der Waals surface area contributed by atoms with Gasteiger partial charge in [0.05, 0.1) is 24.5 Å². The summed E-state index contributed by atoms with van der Waals surface area (Å²) >= 11 is 0. The quantitative estimate of drug-likeness (QED) is 0.601. The van der Waals surface area contributed by atoms with E-state index in [4.69, 9.17) is 29.3 Å². The van der Waals surface area contributed by atoms with Crippen molar-refractivity contribution < 1.29 is 55.6 Å². The molecule has 1 aliphatic carbocycles. The molecule has 1 aromatic rings. The number of halogens is 6. The Morgan fingerprint density at radius 3 is 2.15 bits per heavy atom. The summed E-state index contributed by atoms with van der Waals surface area (Å²) < 4.78 is 75.4. The molecule has 8 nitrogen and oxygen atoms in total. The summed E-state index contributed by atoms with van der Waals surface area (Å²) in [6, 6.07) is 6.72. The highest BCUT2D eigenvalue weighted by Gasteiger charge is 2.43. The highest BCUT2D eigenvalue weighted by molar-refractivity contribution is 5.73. The van der Waals surface area contributed by atoms with Crippen molar-refractivity contribution in [3.63, 3.8) is 0 Å². The van der Waals surface area contributed by atoms with Gasteiger partial charge in [-0.3, -0.25) is 9.88 Å². The van der Waals surface area contributed by atoms with Crippen LogP contribution in [0.4, 0.5) is 26.3 Å². The van der Waals surface area contributed by atoms with Crippen molar-refractivity contribution in [1.82, 2.24) is 9.88 Å². The summed E-state index contributed by atoms with van der Waals surface area (Å²) in [7, 11) is 0. The van der Waals surface area contributed by atoms with Crippen molar-refractivity contribution in [2.75, 3.05) is 19.8 Å². The molecule has 14 heteroatoms. The first kappa shape index (κ1) is 29.6. The number of fused-ring (bicyclic) bond motifs is 2. The van der Waals surface area contributed by atoms with Crippen LogP contribution in [0.15, 0.2) is 18.2 Å². The maximum atomic E-state index is 10.6. The van der Waals surface area contributed by atoms with Gasteiger partial charge in [-0.2, -0.15) is 26.3 Å². The van der Waals surface area contributed by atoms with Gasteiger partial charge in [-0.1, -0.05) is 6.07 Å². The minimum Gasteiger partial charge on any atom is -0.475 e. The third kappa shape index (κ3) is 9.81. The molecule has 1 saturated carbocycles. The van der Waals surface area contributed by atoms with Gasteiger partial charge in [-0.25, -0.2) is 9.59 Å². The molecule has 34 heavy (non-hydrogen) atoms. The van der Waals surface area contributed by atoms with Gasteiger partial charge in [0.15, 0.2) is 0 Å². The Kier molecular flexibility index (Phi) is 11.2. The number of pyridine rings is 1. The zero-order chi connectivity index (χ0) is 26.1. The van der Waals surface area contributed by atoms with Crippen molar-refractivity contribution in [3.8, 4) is 0 Å². The molecular formula is C20H26F6N2O6. The SMILES string of the molecule is CCOC1C2CCC1N(Cc1cccc(C)n1)CCO2.O=C(O)C(F)(F)F.O=C(O)C(F)(F)F. The second-order valence-electron chi connectivity index (χ2n) is 7.32. The van der Waals surface area contributed by atoms with E-state index in [0.29, 0.717) is 6.04 Å². The fourth-order valence-corrected chi connectivity index (χ4v) is 3.47. The zero-order valence-electron chi connectivity index (χ0n) is 18.4. The number of aryl methyl sites for hydroxylation is 1. The van der Waals surface area contributed by atoms with Gasteiger partial charge < -0.3 is 19.7 Å². The van der Waals surface area contributed by atoms with E-state index in [0.717, 1.165) is 44.1 Å². The molecule has 0 radical (unpaired) electrons. The smallest absolute Gasteiger partial charge is 0.475 e. The summed E-state index contributed by atoms with van der Waals surface area (Å²) in [6.07, 6.45) is -7.36. The average Bonchev–Trinajstić information content (AvgIpc) is 3.01. The van der Waals surface area contributed by atoms with Crippen LogP contribution in [-0.2, 0) is 25.6 Å². The van der Waals surface area contributed by atoms with Crippen molar-refractivity contribution in [2.45, 2.75) is 63.8 Å². The van der Waals surface area contributed by atoms with E-state index in [1.165, 1.54) is 6.42 Å². The van der Waals surface area contributed by atoms with E-state index >= 15 is 0 Å². The topological polar surface area (TPSA) is 109 Å². The molecule has 1 saturated heterocycles. The van der Waals surface area contributed by atoms with E-state index in [1.807, 2.05) is 13.0 Å². The van der Waals surface area contributed by atoms with Gasteiger partial charge in [0.25, 0.3) is 0 Å². The number of aliphatic carboxylic acids is 2. The van der Waals surface area contributed by atoms with Crippen LogP contribution in [0.5, 0.6) is 0 Å². The Hall–Kier alpha value is -2.45. The average molecular weight is 504 g/mol. The van der Waals surface area contributed by atoms with Crippen LogP contribution in [0.25, 0.3) is 0 Å². The summed E-state index contributed by atoms with van der Waals surface area (Å²) in [5.74, 6) is -5.51. The molecule has 3 atom stereocenters. The van der Waals surface area contributed by atoms with Crippen molar-refractivity contribution in [3.05, 3.63) is 29.6 Å². The van der Waals surface area contributed by atoms with Gasteiger partial charge in [0.1, 0.15) is 0 Å². The Balaban J connectivity index is 0.000000343. The largest absolute Gasteiger partial charge is 0.490 e. The van der Waals surface area contributed by atoms with Gasteiger partial charge in [-0.15, -0.1) is 0 Å². The minimum atomic E-state index is -5.08. The minimum absolute atomic E-state index is 0.229. The summed E-state index contributed by atoms with van der Waals surface area (Å²) in [5, 5.41) is 14.2. The lowest BCUT2D eigenvalue weighted by atomic mass is 10.1. The summed E-state index contributed by atoms with van der Waals surface area (Å²) in [4.78, 5) is 24.9. The lowest BCUT2D eigenvalue weighted by Gasteiger charge is -2.30. The molecule has 3 unspecified atom stereocenters. The van der Waals surface area contributed by atoms with Crippen LogP contribution in [0, 0.1) is 6.92 Å². The van der Waals surface area contributed by atoms with Crippen LogP contribution in [0.1, 0.15) is 31.2 Å². The van der Waals surface area contributed by atoms with E-state index < -0.39 is 24.3 Å². The van der Waals surface area contributed by atoms with Gasteiger partial charge in [-0.05, 0) is 38.8 Å². The molecule has 1 aliphatic heterocycles. The van der Waals surface area contributed by atoms with Crippen molar-refractivity contribution >= 4 is 11.9 Å². The number of hydrogen-bond acceptors (Lipinski definition) is 6. The first-order valence-corrected chi connectivity index (χ1v) is 10.2. The Morgan fingerprint density at radius 2 is 1.68 bits per heavy atom. The number of hydrogen-bond donors (Lipinski definition) is 2. The highest BCUT2D eigenvalue weighted by atomic mass is 19.4. The van der Waals surface area contributed by atoms with Crippen LogP contribution in [0.3, 0.4) is 0 Å². The number of carboxylic acids is 2. The Labute approximate surface area is 191 Å². The van der Waals surface area contributed by atoms with Crippen molar-refractivity contribution in [2.24, 2.45) is 0 Å². The molecule has 0 spiro atoms. The first-order chi connectivity index (χ1) is 15.7. The molecule has 2 N–H and O–H groups in total. The second kappa shape index (κ2) is 12.9. The predicted molar refractivity (Wildman–Crippen MR) is 105 cm³/mol. The number of rotatable bonds is 4. The van der Waals surface area contributed by atoms with Crippen LogP contribution in [0.2, 0.25) is 0 Å². The molecule has 2 aliphatic rings. The molecule has 2 heterocycles. The molecule has 194 valence electrons. The number of ether oxygens (including phenoxy) is 2. The third-order valence-electron chi connectivity index (χ3n) is 4.83. The molecule has 3 rings (SSSR count). The number of aromatic nitrogens is 1. The molecule has 0 aromatic carbocycles. The lowest BCUT2D eigenvalue weighted by molar-refractivity contribution is -0.193. The second-order valence-corrected chi connectivity index (χ2v) is 7.32. The summed E-state index contributed by atoms with van der Waals surface area (Å²) in [6.45, 7) is 7.54. The fourth-order valence-electron chi connectivity index (χ4n) is 3.47. The number of nitrogens with zero attached hydrogens (tertiary/aromatic N) is 2. The van der Waals surface area contributed by atoms with E-state index in [1.54, 1.807) is 0 Å². The van der Waals surface area contributed by atoms with E-state index in [2.05, 4.69) is 28.9 Å². The Morgan fingerprint density at radius 1 is 1.12 bits per heavy atom. The van der Waals surface area contributed by atoms with Crippen LogP contribution in [-0.4, -0.2) is 82.4 Å². The Bertz CT molecular complexity index is 780. The molecule has 2 bridgehead atoms. The number of alkyl halides is 6. The maximum absolute atomic E-state index is 10.6. The number of carboxylic acid groups (broad SMARTS) is 2. The third-order valence-corrected chi connectivity index (χ3v) is 4.83. The van der Waals surface area contributed by atoms with Crippen LogP contribution >= 0.6 is 0 Å². The molecule has 0 amide bonds.